The predicted molar refractivity (Wildman–Crippen MR) is 69.6 cm³/mol. The molecule has 0 aliphatic carbocycles. The summed E-state index contributed by atoms with van der Waals surface area (Å²) in [4.78, 5) is 23.0. The van der Waals surface area contributed by atoms with Gasteiger partial charge in [-0.2, -0.15) is 0 Å². The van der Waals surface area contributed by atoms with Crippen LogP contribution in [0.4, 0.5) is 0 Å². The molecule has 2 atom stereocenters. The molecular formula is C11H12ClNO4S. The SMILES string of the molecule is CC(O)C(NC(=O)/C=C/c1ccc(Cl)s1)C(=O)O. The van der Waals surface area contributed by atoms with E-state index in [1.165, 1.54) is 30.4 Å². The fourth-order valence-corrected chi connectivity index (χ4v) is 2.13. The number of carbonyl (C=O) groups excluding carboxylic acids is 1. The number of hydrogen-bond donors (Lipinski definition) is 3. The first-order chi connectivity index (χ1) is 8.40. The minimum Gasteiger partial charge on any atom is -0.480 e. The lowest BCUT2D eigenvalue weighted by Gasteiger charge is -2.15. The number of carbonyl (C=O) groups is 2. The molecule has 0 fully saturated rings. The molecule has 98 valence electrons. The highest BCUT2D eigenvalue weighted by atomic mass is 35.5. The highest BCUT2D eigenvalue weighted by molar-refractivity contribution is 7.17. The molecule has 0 saturated carbocycles. The number of rotatable bonds is 5. The van der Waals surface area contributed by atoms with E-state index in [-0.39, 0.29) is 0 Å². The molecule has 1 heterocycles. The smallest absolute Gasteiger partial charge is 0.328 e. The zero-order chi connectivity index (χ0) is 13.7. The monoisotopic (exact) mass is 289 g/mol. The van der Waals surface area contributed by atoms with E-state index in [1.54, 1.807) is 12.1 Å². The summed E-state index contributed by atoms with van der Waals surface area (Å²) in [6.07, 6.45) is 1.55. The summed E-state index contributed by atoms with van der Waals surface area (Å²) in [7, 11) is 0. The number of amides is 1. The van der Waals surface area contributed by atoms with E-state index in [9.17, 15) is 14.7 Å². The molecule has 0 radical (unpaired) electrons. The Morgan fingerprint density at radius 2 is 2.17 bits per heavy atom. The van der Waals surface area contributed by atoms with Crippen molar-refractivity contribution in [2.45, 2.75) is 19.1 Å². The van der Waals surface area contributed by atoms with Gasteiger partial charge in [0.2, 0.25) is 5.91 Å². The van der Waals surface area contributed by atoms with Gasteiger partial charge in [0.15, 0.2) is 6.04 Å². The van der Waals surface area contributed by atoms with Gasteiger partial charge in [-0.1, -0.05) is 11.6 Å². The van der Waals surface area contributed by atoms with Gasteiger partial charge in [-0.3, -0.25) is 4.79 Å². The third kappa shape index (κ3) is 4.48. The second-order valence-corrected chi connectivity index (χ2v) is 5.29. The van der Waals surface area contributed by atoms with E-state index in [2.05, 4.69) is 5.32 Å². The van der Waals surface area contributed by atoms with Crippen molar-refractivity contribution in [3.63, 3.8) is 0 Å². The van der Waals surface area contributed by atoms with Crippen LogP contribution in [0.3, 0.4) is 0 Å². The van der Waals surface area contributed by atoms with Crippen molar-refractivity contribution >= 4 is 40.9 Å². The Morgan fingerprint density at radius 1 is 1.50 bits per heavy atom. The topological polar surface area (TPSA) is 86.6 Å². The van der Waals surface area contributed by atoms with Crippen molar-refractivity contribution in [1.29, 1.82) is 0 Å². The van der Waals surface area contributed by atoms with Gasteiger partial charge in [-0.05, 0) is 25.1 Å². The van der Waals surface area contributed by atoms with Gasteiger partial charge in [0.05, 0.1) is 10.4 Å². The van der Waals surface area contributed by atoms with Gasteiger partial charge in [-0.15, -0.1) is 11.3 Å². The molecule has 0 bridgehead atoms. The summed E-state index contributed by atoms with van der Waals surface area (Å²) in [5, 5.41) is 20.1. The number of hydrogen-bond acceptors (Lipinski definition) is 4. The average Bonchev–Trinajstić information content (AvgIpc) is 2.68. The normalized spacial score (nSPS) is 14.4. The van der Waals surface area contributed by atoms with Gasteiger partial charge in [-0.25, -0.2) is 4.79 Å². The van der Waals surface area contributed by atoms with Crippen LogP contribution in [0.1, 0.15) is 11.8 Å². The van der Waals surface area contributed by atoms with Gasteiger partial charge < -0.3 is 15.5 Å². The fraction of sp³-hybridized carbons (Fsp3) is 0.273. The van der Waals surface area contributed by atoms with Crippen LogP contribution >= 0.6 is 22.9 Å². The second-order valence-electron chi connectivity index (χ2n) is 3.54. The molecule has 1 aromatic rings. The van der Waals surface area contributed by atoms with Crippen LogP contribution in [0, 0.1) is 0 Å². The maximum Gasteiger partial charge on any atom is 0.328 e. The maximum absolute atomic E-state index is 11.4. The molecule has 0 aliphatic heterocycles. The Bertz CT molecular complexity index is 469. The minimum atomic E-state index is -1.32. The van der Waals surface area contributed by atoms with Crippen LogP contribution in [0.5, 0.6) is 0 Å². The first-order valence-corrected chi connectivity index (χ1v) is 6.24. The van der Waals surface area contributed by atoms with Gasteiger partial charge in [0, 0.05) is 11.0 Å². The average molecular weight is 290 g/mol. The molecule has 1 rings (SSSR count). The van der Waals surface area contributed by atoms with E-state index < -0.39 is 24.0 Å². The van der Waals surface area contributed by atoms with E-state index >= 15 is 0 Å². The fourth-order valence-electron chi connectivity index (χ4n) is 1.17. The Morgan fingerprint density at radius 3 is 2.61 bits per heavy atom. The lowest BCUT2D eigenvalue weighted by molar-refractivity contribution is -0.144. The second kappa shape index (κ2) is 6.53. The zero-order valence-corrected chi connectivity index (χ0v) is 11.0. The van der Waals surface area contributed by atoms with Crippen molar-refractivity contribution in [1.82, 2.24) is 5.32 Å². The summed E-state index contributed by atoms with van der Waals surface area (Å²) in [6, 6.07) is 2.11. The van der Waals surface area contributed by atoms with Crippen molar-refractivity contribution in [2.75, 3.05) is 0 Å². The molecule has 18 heavy (non-hydrogen) atoms. The molecule has 1 amide bonds. The van der Waals surface area contributed by atoms with Gasteiger partial charge >= 0.3 is 5.97 Å². The third-order valence-electron chi connectivity index (χ3n) is 2.04. The summed E-state index contributed by atoms with van der Waals surface area (Å²) in [5.74, 6) is -1.88. The summed E-state index contributed by atoms with van der Waals surface area (Å²) in [5.41, 5.74) is 0. The molecule has 1 aromatic heterocycles. The Hall–Kier alpha value is -1.37. The summed E-state index contributed by atoms with van der Waals surface area (Å²) < 4.78 is 0.599. The molecule has 0 saturated heterocycles. The minimum absolute atomic E-state index is 0.590. The Labute approximate surface area is 113 Å². The number of aliphatic hydroxyl groups excluding tert-OH is 1. The van der Waals surface area contributed by atoms with E-state index in [4.69, 9.17) is 16.7 Å². The molecule has 0 aliphatic rings. The molecule has 2 unspecified atom stereocenters. The van der Waals surface area contributed by atoms with E-state index in [1.807, 2.05) is 0 Å². The maximum atomic E-state index is 11.4. The lowest BCUT2D eigenvalue weighted by Crippen LogP contribution is -2.47. The van der Waals surface area contributed by atoms with Gasteiger partial charge in [0.25, 0.3) is 0 Å². The molecule has 7 heteroatoms. The highest BCUT2D eigenvalue weighted by Crippen LogP contribution is 2.22. The Kier molecular flexibility index (Phi) is 5.33. The van der Waals surface area contributed by atoms with Crippen molar-refractivity contribution in [2.24, 2.45) is 0 Å². The van der Waals surface area contributed by atoms with Crippen LogP contribution < -0.4 is 5.32 Å². The number of carboxylic acids is 1. The molecule has 0 aromatic carbocycles. The largest absolute Gasteiger partial charge is 0.480 e. The van der Waals surface area contributed by atoms with E-state index in [0.717, 1.165) is 4.88 Å². The molecule has 5 nitrogen and oxygen atoms in total. The number of aliphatic hydroxyl groups is 1. The number of thiophene rings is 1. The van der Waals surface area contributed by atoms with Crippen LogP contribution in [0.25, 0.3) is 6.08 Å². The summed E-state index contributed by atoms with van der Waals surface area (Å²) in [6.45, 7) is 1.29. The van der Waals surface area contributed by atoms with Crippen LogP contribution in [0.15, 0.2) is 18.2 Å². The zero-order valence-electron chi connectivity index (χ0n) is 9.46. The number of aliphatic carboxylic acids is 1. The quantitative estimate of drug-likeness (QED) is 0.715. The van der Waals surface area contributed by atoms with Crippen LogP contribution in [-0.4, -0.2) is 34.2 Å². The number of halogens is 1. The molecule has 3 N–H and O–H groups in total. The van der Waals surface area contributed by atoms with Crippen LogP contribution in [0.2, 0.25) is 4.34 Å². The van der Waals surface area contributed by atoms with Crippen LogP contribution in [-0.2, 0) is 9.59 Å². The summed E-state index contributed by atoms with van der Waals surface area (Å²) >= 11 is 7.01. The molecule has 0 spiro atoms. The van der Waals surface area contributed by atoms with Crippen molar-refractivity contribution in [3.05, 3.63) is 27.4 Å². The molecular weight excluding hydrogens is 278 g/mol. The Balaban J connectivity index is 2.60. The predicted octanol–water partition coefficient (Wildman–Crippen LogP) is 1.36. The standard InChI is InChI=1S/C11H12ClNO4S/c1-6(14)10(11(16)17)13-9(15)5-3-7-2-4-8(12)18-7/h2-6,10,14H,1H3,(H,13,15)(H,16,17)/b5-3+. The van der Waals surface area contributed by atoms with Gasteiger partial charge in [0.1, 0.15) is 0 Å². The van der Waals surface area contributed by atoms with E-state index in [0.29, 0.717) is 4.34 Å². The first-order valence-electron chi connectivity index (χ1n) is 5.05. The van der Waals surface area contributed by atoms with Crippen molar-refractivity contribution in [3.8, 4) is 0 Å². The first kappa shape index (κ1) is 14.7. The number of nitrogens with one attached hydrogen (secondary N) is 1. The third-order valence-corrected chi connectivity index (χ3v) is 3.24. The highest BCUT2D eigenvalue weighted by Gasteiger charge is 2.23. The number of carboxylic acid groups (broad SMARTS) is 1. The van der Waals surface area contributed by atoms with Crippen molar-refractivity contribution < 1.29 is 19.8 Å². The lowest BCUT2D eigenvalue weighted by atomic mass is 10.2.